The molecule has 2 aliphatic rings. The third kappa shape index (κ3) is 5.97. The van der Waals surface area contributed by atoms with Gasteiger partial charge >= 0.3 is 5.97 Å². The van der Waals surface area contributed by atoms with Gasteiger partial charge in [-0.25, -0.2) is 4.79 Å². The maximum Gasteiger partial charge on any atom is 0.333 e. The second kappa shape index (κ2) is 9.59. The molecule has 0 bridgehead atoms. The van der Waals surface area contributed by atoms with Crippen molar-refractivity contribution in [3.63, 3.8) is 0 Å². The second-order valence-electron chi connectivity index (χ2n) is 13.5. The highest BCUT2D eigenvalue weighted by Gasteiger charge is 2.66. The van der Waals surface area contributed by atoms with Crippen LogP contribution in [0, 0.1) is 0 Å². The van der Waals surface area contributed by atoms with Crippen molar-refractivity contribution >= 4 is 47.1 Å². The van der Waals surface area contributed by atoms with Gasteiger partial charge in [-0.15, -0.1) is 0 Å². The van der Waals surface area contributed by atoms with E-state index in [0.29, 0.717) is 5.16 Å². The summed E-state index contributed by atoms with van der Waals surface area (Å²) in [5, 5.41) is 0.488. The van der Waals surface area contributed by atoms with Crippen molar-refractivity contribution in [3.8, 4) is 0 Å². The van der Waals surface area contributed by atoms with Crippen molar-refractivity contribution in [1.82, 2.24) is 0 Å². The van der Waals surface area contributed by atoms with E-state index < -0.39 is 30.9 Å². The normalized spacial score (nSPS) is 35.0. The van der Waals surface area contributed by atoms with Gasteiger partial charge < -0.3 is 13.6 Å². The molecule has 2 aliphatic heterocycles. The largest absolute Gasteiger partial charge is 0.464 e. The first-order chi connectivity index (χ1) is 14.7. The van der Waals surface area contributed by atoms with Crippen LogP contribution in [0.25, 0.3) is 0 Å². The first-order valence-electron chi connectivity index (χ1n) is 13.0. The predicted molar refractivity (Wildman–Crippen MR) is 155 cm³/mol. The van der Waals surface area contributed by atoms with Crippen molar-refractivity contribution in [1.29, 1.82) is 0 Å². The summed E-state index contributed by atoms with van der Waals surface area (Å²) in [6.07, 6.45) is 5.56. The summed E-state index contributed by atoms with van der Waals surface area (Å²) in [5.41, 5.74) is 0.841. The Morgan fingerprint density at radius 3 is 1.67 bits per heavy atom. The molecule has 2 rings (SSSR count). The molecule has 4 nitrogen and oxygen atoms in total. The number of esters is 1. The smallest absolute Gasteiger partial charge is 0.333 e. The summed E-state index contributed by atoms with van der Waals surface area (Å²) >= 11 is 0. The quantitative estimate of drug-likeness (QED) is 0.248. The molecule has 2 heterocycles. The fourth-order valence-electron chi connectivity index (χ4n) is 6.25. The van der Waals surface area contributed by atoms with Crippen LogP contribution in [0.15, 0.2) is 11.6 Å². The van der Waals surface area contributed by atoms with E-state index in [1.54, 1.807) is 0 Å². The first kappa shape index (κ1) is 29.4. The minimum Gasteiger partial charge on any atom is -0.464 e. The van der Waals surface area contributed by atoms with E-state index in [4.69, 9.17) is 13.6 Å². The molecule has 2 fully saturated rings. The van der Waals surface area contributed by atoms with Crippen LogP contribution in [0.3, 0.4) is 0 Å². The molecule has 9 heteroatoms. The van der Waals surface area contributed by atoms with Gasteiger partial charge in [-0.05, 0) is 85.2 Å². The molecule has 0 aromatic heterocycles. The van der Waals surface area contributed by atoms with Gasteiger partial charge in [0.15, 0.2) is 15.7 Å². The zero-order valence-electron chi connectivity index (χ0n) is 23.9. The molecule has 2 saturated heterocycles. The van der Waals surface area contributed by atoms with Crippen molar-refractivity contribution in [2.24, 2.45) is 0 Å². The Hall–Kier alpha value is 0.214. The lowest BCUT2D eigenvalue weighted by Crippen LogP contribution is -2.77. The van der Waals surface area contributed by atoms with E-state index >= 15 is 0 Å². The Kier molecular flexibility index (Phi) is 8.56. The maximum absolute atomic E-state index is 13.1. The minimum atomic E-state index is -1.96. The average Bonchev–Trinajstić information content (AvgIpc) is 2.64. The highest BCUT2D eigenvalue weighted by molar-refractivity contribution is 7.50. The van der Waals surface area contributed by atoms with Crippen LogP contribution in [-0.4, -0.2) is 64.0 Å². The number of hydrogen-bond acceptors (Lipinski definition) is 4. The Bertz CT molecular complexity index is 735. The highest BCUT2D eigenvalue weighted by atomic mass is 29.3. The SMILES string of the molecule is CCC([SiH3])OC(=O)C(C)=CC([Si]1(C)CCC(C)(C)O[Si]1(C)C)[Si]1(C)CCC(C)(C)O[Si]1(C)C. The number of ether oxygens (including phenoxy) is 1. The molecule has 0 radical (unpaired) electrons. The van der Waals surface area contributed by atoms with E-state index in [2.05, 4.69) is 80.0 Å². The zero-order valence-corrected chi connectivity index (χ0v) is 29.9. The van der Waals surface area contributed by atoms with Crippen LogP contribution >= 0.6 is 0 Å². The third-order valence-electron chi connectivity index (χ3n) is 9.30. The predicted octanol–water partition coefficient (Wildman–Crippen LogP) is 5.61. The molecular weight excluding hydrogens is 493 g/mol. The van der Waals surface area contributed by atoms with Crippen molar-refractivity contribution in [3.05, 3.63) is 11.6 Å². The second-order valence-corrected chi connectivity index (χ2v) is 43.8. The number of carbonyl (C=O) groups is 1. The Morgan fingerprint density at radius 1 is 0.939 bits per heavy atom. The molecule has 0 aliphatic carbocycles. The molecule has 0 spiro atoms. The van der Waals surface area contributed by atoms with Gasteiger partial charge in [0.25, 0.3) is 0 Å². The standard InChI is InChI=1S/C24H52O4Si5/c1-13-20(29)26-22(25)19(2)18-21(32(11)16-14-23(3,4)27-30(32,7)8)33(12)17-15-24(5,6)28-31(33,9)10/h18,20-21H,13-17H2,1-12,29H3. The van der Waals surface area contributed by atoms with Gasteiger partial charge in [-0.3, -0.25) is 0 Å². The van der Waals surface area contributed by atoms with Crippen LogP contribution in [0.4, 0.5) is 0 Å². The van der Waals surface area contributed by atoms with Crippen LogP contribution < -0.4 is 0 Å². The summed E-state index contributed by atoms with van der Waals surface area (Å²) in [5.74, 6) is -0.106. The molecule has 3 unspecified atom stereocenters. The van der Waals surface area contributed by atoms with Crippen molar-refractivity contribution in [2.75, 3.05) is 0 Å². The molecule has 0 aromatic carbocycles. The van der Waals surface area contributed by atoms with Gasteiger partial charge in [0.05, 0.1) is 42.4 Å². The average molecular weight is 545 g/mol. The molecule has 33 heavy (non-hydrogen) atoms. The third-order valence-corrected chi connectivity index (χ3v) is 49.7. The zero-order chi connectivity index (χ0) is 25.7. The van der Waals surface area contributed by atoms with Gasteiger partial charge in [-0.2, -0.15) is 0 Å². The summed E-state index contributed by atoms with van der Waals surface area (Å²) < 4.78 is 19.8. The highest BCUT2D eigenvalue weighted by Crippen LogP contribution is 2.54. The lowest BCUT2D eigenvalue weighted by atomic mass is 10.1. The van der Waals surface area contributed by atoms with Gasteiger partial charge in [0.1, 0.15) is 0 Å². The molecule has 3 atom stereocenters. The van der Waals surface area contributed by atoms with Gasteiger partial charge in [0.2, 0.25) is 0 Å². The Morgan fingerprint density at radius 2 is 1.33 bits per heavy atom. The van der Waals surface area contributed by atoms with E-state index in [9.17, 15) is 4.79 Å². The number of rotatable bonds is 6. The molecule has 0 amide bonds. The van der Waals surface area contributed by atoms with Gasteiger partial charge in [0, 0.05) is 5.57 Å². The molecule has 0 saturated carbocycles. The summed E-state index contributed by atoms with van der Waals surface area (Å²) in [6, 6.07) is 2.58. The lowest BCUT2D eigenvalue weighted by molar-refractivity contribution is -0.140. The monoisotopic (exact) mass is 544 g/mol. The Labute approximate surface area is 210 Å². The Balaban J connectivity index is 2.63. The molecule has 0 N–H and O–H groups in total. The van der Waals surface area contributed by atoms with Crippen LogP contribution in [-0.2, 0) is 18.4 Å². The summed E-state index contributed by atoms with van der Waals surface area (Å²) in [6.45, 7) is 28.3. The van der Waals surface area contributed by atoms with Crippen LogP contribution in [0.2, 0.25) is 56.5 Å². The maximum atomic E-state index is 13.1. The number of allylic oxidation sites excluding steroid dienone is 1. The molecular formula is C24H52O4Si5. The topological polar surface area (TPSA) is 44.8 Å². The fraction of sp³-hybridized carbons (Fsp3) is 0.875. The molecule has 192 valence electrons. The molecule has 0 aromatic rings. The van der Waals surface area contributed by atoms with Crippen molar-refractivity contribution < 1.29 is 18.4 Å². The number of carbonyl (C=O) groups excluding carboxylic acids is 1. The summed E-state index contributed by atoms with van der Waals surface area (Å²) in [4.78, 5) is 13.1. The van der Waals surface area contributed by atoms with E-state index in [0.717, 1.165) is 35.1 Å². The lowest BCUT2D eigenvalue weighted by Gasteiger charge is -2.61. The first-order valence-corrected chi connectivity index (χ1v) is 27.6. The van der Waals surface area contributed by atoms with E-state index in [-0.39, 0.29) is 22.9 Å². The van der Waals surface area contributed by atoms with Gasteiger partial charge in [-0.1, -0.05) is 38.2 Å². The van der Waals surface area contributed by atoms with Crippen LogP contribution in [0.5, 0.6) is 0 Å². The minimum absolute atomic E-state index is 0.0356. The fourth-order valence-corrected chi connectivity index (χ4v) is 48.9. The van der Waals surface area contributed by atoms with Crippen LogP contribution in [0.1, 0.15) is 60.8 Å². The van der Waals surface area contributed by atoms with E-state index in [1.165, 1.54) is 12.1 Å². The van der Waals surface area contributed by atoms with Crippen molar-refractivity contribution in [2.45, 2.75) is 134 Å². The summed E-state index contributed by atoms with van der Waals surface area (Å²) in [7, 11) is -6.80. The van der Waals surface area contributed by atoms with E-state index in [1.807, 2.05) is 6.92 Å². The number of hydrogen-bond donors (Lipinski definition) is 0.